The molecule has 0 radical (unpaired) electrons. The highest BCUT2D eigenvalue weighted by atomic mass is 19.3. The Labute approximate surface area is 109 Å². The molecule has 0 amide bonds. The zero-order valence-corrected chi connectivity index (χ0v) is 10.5. The van der Waals surface area contributed by atoms with Crippen molar-refractivity contribution in [2.75, 3.05) is 6.61 Å². The van der Waals surface area contributed by atoms with Gasteiger partial charge in [0.1, 0.15) is 0 Å². The molecule has 0 saturated carbocycles. The van der Waals surface area contributed by atoms with Crippen molar-refractivity contribution in [2.24, 2.45) is 5.73 Å². The summed E-state index contributed by atoms with van der Waals surface area (Å²) in [5.41, 5.74) is 5.60. The van der Waals surface area contributed by atoms with E-state index in [0.29, 0.717) is 11.1 Å². The van der Waals surface area contributed by atoms with Gasteiger partial charge in [-0.25, -0.2) is 8.78 Å². The predicted molar refractivity (Wildman–Crippen MR) is 64.3 cm³/mol. The molecule has 0 fully saturated rings. The Morgan fingerprint density at radius 2 is 2.21 bits per heavy atom. The average Bonchev–Trinajstić information content (AvgIpc) is 2.37. The first-order valence-electron chi connectivity index (χ1n) is 5.73. The number of carbonyl (C=O) groups is 1. The lowest BCUT2D eigenvalue weighted by atomic mass is 9.97. The topological polar surface area (TPSA) is 76.1 Å². The average molecular weight is 268 g/mol. The Bertz CT molecular complexity index is 510. The van der Waals surface area contributed by atoms with E-state index in [2.05, 4.69) is 0 Å². The van der Waals surface area contributed by atoms with Crippen LogP contribution in [0, 0.1) is 11.3 Å². The number of halogens is 2. The van der Waals surface area contributed by atoms with E-state index in [0.717, 1.165) is 6.07 Å². The van der Waals surface area contributed by atoms with Crippen LogP contribution in [0.1, 0.15) is 35.6 Å². The lowest BCUT2D eigenvalue weighted by Gasteiger charge is -2.11. The van der Waals surface area contributed by atoms with Crippen molar-refractivity contribution < 1.29 is 18.3 Å². The van der Waals surface area contributed by atoms with Crippen LogP contribution >= 0.6 is 0 Å². The Hall–Kier alpha value is -2.00. The minimum absolute atomic E-state index is 0.0424. The molecular formula is C13H14F2N2O2. The van der Waals surface area contributed by atoms with E-state index in [1.54, 1.807) is 13.0 Å². The third-order valence-electron chi connectivity index (χ3n) is 2.53. The smallest absolute Gasteiger partial charge is 0.310 e. The number of nitrogens with two attached hydrogens (primary N) is 1. The first kappa shape index (κ1) is 15.1. The molecule has 6 heteroatoms. The molecule has 0 aliphatic carbocycles. The van der Waals surface area contributed by atoms with Crippen molar-refractivity contribution in [3.8, 4) is 6.07 Å². The van der Waals surface area contributed by atoms with Crippen LogP contribution in [0.25, 0.3) is 0 Å². The number of nitriles is 1. The Morgan fingerprint density at radius 1 is 1.53 bits per heavy atom. The van der Waals surface area contributed by atoms with Crippen LogP contribution in [0.3, 0.4) is 0 Å². The van der Waals surface area contributed by atoms with Crippen molar-refractivity contribution >= 4 is 5.97 Å². The van der Waals surface area contributed by atoms with Crippen molar-refractivity contribution in [3.63, 3.8) is 0 Å². The first-order valence-corrected chi connectivity index (χ1v) is 5.73. The van der Waals surface area contributed by atoms with Gasteiger partial charge >= 0.3 is 5.97 Å². The second-order valence-corrected chi connectivity index (χ2v) is 3.82. The molecule has 1 aromatic rings. The highest BCUT2D eigenvalue weighted by molar-refractivity contribution is 5.73. The number of hydrogen-bond acceptors (Lipinski definition) is 4. The van der Waals surface area contributed by atoms with Gasteiger partial charge in [0.25, 0.3) is 6.43 Å². The normalized spacial score (nSPS) is 10.3. The Balaban J connectivity index is 3.18. The highest BCUT2D eigenvalue weighted by Crippen LogP contribution is 2.27. The molecule has 0 aliphatic heterocycles. The molecule has 19 heavy (non-hydrogen) atoms. The van der Waals surface area contributed by atoms with Gasteiger partial charge in [0, 0.05) is 12.1 Å². The summed E-state index contributed by atoms with van der Waals surface area (Å²) in [6, 6.07) is 4.37. The maximum Gasteiger partial charge on any atom is 0.310 e. The minimum Gasteiger partial charge on any atom is -0.466 e. The zero-order valence-electron chi connectivity index (χ0n) is 10.5. The van der Waals surface area contributed by atoms with E-state index in [1.165, 1.54) is 6.07 Å². The van der Waals surface area contributed by atoms with E-state index in [-0.39, 0.29) is 25.1 Å². The molecule has 0 bridgehead atoms. The summed E-state index contributed by atoms with van der Waals surface area (Å²) < 4.78 is 30.5. The van der Waals surface area contributed by atoms with Crippen LogP contribution < -0.4 is 5.73 Å². The summed E-state index contributed by atoms with van der Waals surface area (Å²) in [6.45, 7) is 1.84. The molecule has 0 aliphatic rings. The lowest BCUT2D eigenvalue weighted by molar-refractivity contribution is -0.142. The van der Waals surface area contributed by atoms with Crippen LogP contribution in [0.5, 0.6) is 0 Å². The van der Waals surface area contributed by atoms with E-state index >= 15 is 0 Å². The van der Waals surface area contributed by atoms with Gasteiger partial charge in [-0.1, -0.05) is 6.07 Å². The Kier molecular flexibility index (Phi) is 5.39. The van der Waals surface area contributed by atoms with E-state index in [1.807, 2.05) is 0 Å². The lowest BCUT2D eigenvalue weighted by Crippen LogP contribution is -2.10. The fourth-order valence-electron chi connectivity index (χ4n) is 1.75. The summed E-state index contributed by atoms with van der Waals surface area (Å²) in [6.07, 6.45) is -2.91. The maximum atomic E-state index is 12.9. The minimum atomic E-state index is -2.79. The zero-order chi connectivity index (χ0) is 14.4. The number of ether oxygens (including phenoxy) is 1. The molecule has 4 nitrogen and oxygen atoms in total. The standard InChI is InChI=1S/C13H14F2N2O2/c1-2-19-12(18)5-8-3-9(6-16)11(7-17)10(4-8)13(14)15/h3-4,13H,2,5-6,16H2,1H3. The molecule has 0 unspecified atom stereocenters. The fraction of sp³-hybridized carbons (Fsp3) is 0.385. The summed E-state index contributed by atoms with van der Waals surface area (Å²) in [5, 5.41) is 8.91. The number of carbonyl (C=O) groups excluding carboxylic acids is 1. The van der Waals surface area contributed by atoms with Crippen molar-refractivity contribution in [2.45, 2.75) is 26.3 Å². The van der Waals surface area contributed by atoms with Crippen LogP contribution in [0.15, 0.2) is 12.1 Å². The molecular weight excluding hydrogens is 254 g/mol. The fourth-order valence-corrected chi connectivity index (χ4v) is 1.75. The van der Waals surface area contributed by atoms with Crippen LogP contribution in [0.4, 0.5) is 8.78 Å². The van der Waals surface area contributed by atoms with Gasteiger partial charge in [0.2, 0.25) is 0 Å². The van der Waals surface area contributed by atoms with Crippen molar-refractivity contribution in [1.82, 2.24) is 0 Å². The second-order valence-electron chi connectivity index (χ2n) is 3.82. The van der Waals surface area contributed by atoms with Gasteiger partial charge in [0.05, 0.1) is 24.7 Å². The number of rotatable bonds is 5. The molecule has 102 valence electrons. The van der Waals surface area contributed by atoms with Crippen LogP contribution in [-0.4, -0.2) is 12.6 Å². The maximum absolute atomic E-state index is 12.9. The van der Waals surface area contributed by atoms with Gasteiger partial charge in [-0.15, -0.1) is 0 Å². The summed E-state index contributed by atoms with van der Waals surface area (Å²) in [7, 11) is 0. The molecule has 0 atom stereocenters. The monoisotopic (exact) mass is 268 g/mol. The van der Waals surface area contributed by atoms with Gasteiger partial charge in [-0.3, -0.25) is 4.79 Å². The van der Waals surface area contributed by atoms with Crippen LogP contribution in [0.2, 0.25) is 0 Å². The third kappa shape index (κ3) is 3.73. The highest BCUT2D eigenvalue weighted by Gasteiger charge is 2.18. The number of hydrogen-bond donors (Lipinski definition) is 1. The number of nitrogens with zero attached hydrogens (tertiary/aromatic N) is 1. The molecule has 1 rings (SSSR count). The Morgan fingerprint density at radius 3 is 2.68 bits per heavy atom. The molecule has 2 N–H and O–H groups in total. The van der Waals surface area contributed by atoms with Gasteiger partial charge < -0.3 is 10.5 Å². The van der Waals surface area contributed by atoms with Crippen molar-refractivity contribution in [3.05, 3.63) is 34.4 Å². The van der Waals surface area contributed by atoms with Gasteiger partial charge in [0.15, 0.2) is 0 Å². The predicted octanol–water partition coefficient (Wildman–Crippen LogP) is 2.06. The first-order chi connectivity index (χ1) is 9.03. The quantitative estimate of drug-likeness (QED) is 0.829. The summed E-state index contributed by atoms with van der Waals surface area (Å²) >= 11 is 0. The third-order valence-corrected chi connectivity index (χ3v) is 2.53. The SMILES string of the molecule is CCOC(=O)Cc1cc(CN)c(C#N)c(C(F)F)c1. The van der Waals surface area contributed by atoms with E-state index < -0.39 is 18.0 Å². The van der Waals surface area contributed by atoms with Crippen molar-refractivity contribution in [1.29, 1.82) is 5.26 Å². The largest absolute Gasteiger partial charge is 0.466 e. The molecule has 0 heterocycles. The number of benzene rings is 1. The summed E-state index contributed by atoms with van der Waals surface area (Å²) in [5.74, 6) is -0.504. The molecule has 1 aromatic carbocycles. The molecule has 0 spiro atoms. The van der Waals surface area contributed by atoms with Crippen LogP contribution in [-0.2, 0) is 22.5 Å². The van der Waals surface area contributed by atoms with Gasteiger partial charge in [-0.05, 0) is 24.1 Å². The van der Waals surface area contributed by atoms with Gasteiger partial charge in [-0.2, -0.15) is 5.26 Å². The van der Waals surface area contributed by atoms with E-state index in [9.17, 15) is 13.6 Å². The molecule has 0 aromatic heterocycles. The summed E-state index contributed by atoms with van der Waals surface area (Å²) in [4.78, 5) is 11.3. The number of esters is 1. The van der Waals surface area contributed by atoms with E-state index in [4.69, 9.17) is 15.7 Å². The second kappa shape index (κ2) is 6.81. The molecule has 0 saturated heterocycles. The number of alkyl halides is 2.